The van der Waals surface area contributed by atoms with Crippen molar-refractivity contribution in [3.05, 3.63) is 0 Å². The number of unbranched alkanes of at least 4 members (excludes halogenated alkanes) is 14. The summed E-state index contributed by atoms with van der Waals surface area (Å²) in [5.74, 6) is 2.66. The molecule has 0 saturated carbocycles. The van der Waals surface area contributed by atoms with Gasteiger partial charge in [-0.05, 0) is 24.2 Å². The van der Waals surface area contributed by atoms with Gasteiger partial charge in [-0.25, -0.2) is 0 Å². The first kappa shape index (κ1) is 25.2. The lowest BCUT2D eigenvalue weighted by Crippen LogP contribution is -2.15. The third kappa shape index (κ3) is 17.4. The monoisotopic (exact) mass is 368 g/mol. The second-order valence-electron chi connectivity index (χ2n) is 9.24. The first-order valence-electron chi connectivity index (χ1n) is 12.1. The van der Waals surface area contributed by atoms with Crippen molar-refractivity contribution in [1.82, 2.24) is 0 Å². The van der Waals surface area contributed by atoms with Crippen LogP contribution < -0.4 is 0 Å². The van der Waals surface area contributed by atoms with Crippen LogP contribution in [0.4, 0.5) is 0 Å². The molecule has 0 aromatic rings. The Morgan fingerprint density at radius 3 is 1.00 bits per heavy atom. The minimum absolute atomic E-state index is 0.859. The van der Waals surface area contributed by atoms with Crippen LogP contribution in [0.1, 0.15) is 130 Å². The SMILES string of the molecule is CC(C)C(CCCCCCCCCCCCCCCCC[SiH3])C(C)C. The topological polar surface area (TPSA) is 0 Å². The normalized spacial score (nSPS) is 12.1. The molecule has 0 aliphatic rings. The first-order chi connectivity index (χ1) is 12.1. The Hall–Kier alpha value is 0.217. The van der Waals surface area contributed by atoms with Gasteiger partial charge in [0, 0.05) is 10.2 Å². The number of hydrogen-bond acceptors (Lipinski definition) is 0. The molecule has 0 spiro atoms. The predicted molar refractivity (Wildman–Crippen MR) is 122 cm³/mol. The molecule has 25 heavy (non-hydrogen) atoms. The fourth-order valence-corrected chi connectivity index (χ4v) is 4.86. The maximum atomic E-state index is 2.40. The summed E-state index contributed by atoms with van der Waals surface area (Å²) in [5.41, 5.74) is 0. The summed E-state index contributed by atoms with van der Waals surface area (Å²) in [7, 11) is 1.41. The highest BCUT2D eigenvalue weighted by atomic mass is 28.1. The Bertz CT molecular complexity index is 238. The quantitative estimate of drug-likeness (QED) is 0.160. The maximum Gasteiger partial charge on any atom is 0.00279 e. The standard InChI is InChI=1S/C24H52Si/c1-22(2)24(23(3)4)20-18-16-14-12-10-8-6-5-7-9-11-13-15-17-19-21-25/h22-24H,5-21H2,1-4,25H3. The van der Waals surface area contributed by atoms with Crippen molar-refractivity contribution >= 4 is 10.2 Å². The lowest BCUT2D eigenvalue weighted by molar-refractivity contribution is 0.261. The summed E-state index contributed by atoms with van der Waals surface area (Å²) < 4.78 is 0. The Morgan fingerprint density at radius 2 is 0.720 bits per heavy atom. The van der Waals surface area contributed by atoms with E-state index >= 15 is 0 Å². The van der Waals surface area contributed by atoms with E-state index in [4.69, 9.17) is 0 Å². The van der Waals surface area contributed by atoms with Gasteiger partial charge in [-0.15, -0.1) is 0 Å². The molecule has 0 N–H and O–H groups in total. The van der Waals surface area contributed by atoms with Gasteiger partial charge in [0.1, 0.15) is 0 Å². The van der Waals surface area contributed by atoms with Crippen molar-refractivity contribution in [2.45, 2.75) is 136 Å². The highest BCUT2D eigenvalue weighted by Gasteiger charge is 2.16. The van der Waals surface area contributed by atoms with Crippen molar-refractivity contribution < 1.29 is 0 Å². The average Bonchev–Trinajstić information content (AvgIpc) is 2.57. The number of hydrogen-bond donors (Lipinski definition) is 0. The van der Waals surface area contributed by atoms with Crippen LogP contribution in [-0.2, 0) is 0 Å². The minimum Gasteiger partial charge on any atom is -0.0658 e. The largest absolute Gasteiger partial charge is 0.0658 e. The third-order valence-electron chi connectivity index (χ3n) is 6.10. The van der Waals surface area contributed by atoms with E-state index in [0.29, 0.717) is 0 Å². The van der Waals surface area contributed by atoms with E-state index in [0.717, 1.165) is 17.8 Å². The lowest BCUT2D eigenvalue weighted by atomic mass is 9.81. The number of rotatable bonds is 19. The molecule has 0 aliphatic carbocycles. The molecule has 0 atom stereocenters. The van der Waals surface area contributed by atoms with Crippen molar-refractivity contribution in [1.29, 1.82) is 0 Å². The Balaban J connectivity index is 3.19. The molecule has 0 aromatic carbocycles. The molecule has 152 valence electrons. The van der Waals surface area contributed by atoms with Crippen molar-refractivity contribution in [2.24, 2.45) is 17.8 Å². The van der Waals surface area contributed by atoms with Crippen LogP contribution in [0.5, 0.6) is 0 Å². The maximum absolute atomic E-state index is 2.40. The molecular weight excluding hydrogens is 316 g/mol. The van der Waals surface area contributed by atoms with Crippen molar-refractivity contribution in [3.63, 3.8) is 0 Å². The fourth-order valence-electron chi connectivity index (χ4n) is 4.36. The molecule has 0 radical (unpaired) electrons. The van der Waals surface area contributed by atoms with Crippen LogP contribution in [0.2, 0.25) is 6.04 Å². The van der Waals surface area contributed by atoms with Crippen LogP contribution in [0.15, 0.2) is 0 Å². The zero-order valence-corrected chi connectivity index (χ0v) is 20.8. The summed E-state index contributed by atoms with van der Waals surface area (Å²) in [6, 6.07) is 1.51. The molecule has 0 heterocycles. The molecule has 0 amide bonds. The Labute approximate surface area is 164 Å². The Kier molecular flexibility index (Phi) is 19.2. The van der Waals surface area contributed by atoms with Crippen LogP contribution in [0.3, 0.4) is 0 Å². The second kappa shape index (κ2) is 19.0. The molecule has 0 aromatic heterocycles. The van der Waals surface area contributed by atoms with Crippen molar-refractivity contribution in [2.75, 3.05) is 0 Å². The second-order valence-corrected chi connectivity index (χ2v) is 10.2. The smallest absolute Gasteiger partial charge is 0.00279 e. The molecule has 0 unspecified atom stereocenters. The summed E-state index contributed by atoms with van der Waals surface area (Å²) in [6.07, 6.45) is 23.8. The summed E-state index contributed by atoms with van der Waals surface area (Å²) in [4.78, 5) is 0. The highest BCUT2D eigenvalue weighted by molar-refractivity contribution is 6.08. The van der Waals surface area contributed by atoms with Gasteiger partial charge in [-0.3, -0.25) is 0 Å². The summed E-state index contributed by atoms with van der Waals surface area (Å²) >= 11 is 0. The van der Waals surface area contributed by atoms with E-state index in [9.17, 15) is 0 Å². The van der Waals surface area contributed by atoms with Gasteiger partial charge in [0.25, 0.3) is 0 Å². The van der Waals surface area contributed by atoms with Gasteiger partial charge in [0.15, 0.2) is 0 Å². The predicted octanol–water partition coefficient (Wildman–Crippen LogP) is 7.94. The van der Waals surface area contributed by atoms with E-state index in [-0.39, 0.29) is 0 Å². The van der Waals surface area contributed by atoms with Gasteiger partial charge in [-0.2, -0.15) is 0 Å². The van der Waals surface area contributed by atoms with Crippen LogP contribution in [0, 0.1) is 17.8 Å². The van der Waals surface area contributed by atoms with Gasteiger partial charge in [0.2, 0.25) is 0 Å². The molecular formula is C24H52Si. The fraction of sp³-hybridized carbons (Fsp3) is 1.00. The molecule has 0 bridgehead atoms. The third-order valence-corrected chi connectivity index (χ3v) is 6.81. The van der Waals surface area contributed by atoms with Crippen LogP contribution in [0.25, 0.3) is 0 Å². The zero-order valence-electron chi connectivity index (χ0n) is 18.8. The highest BCUT2D eigenvalue weighted by Crippen LogP contribution is 2.26. The lowest BCUT2D eigenvalue weighted by Gasteiger charge is -2.24. The minimum atomic E-state index is 0.859. The molecule has 0 fully saturated rings. The molecule has 0 saturated heterocycles. The van der Waals surface area contributed by atoms with E-state index in [1.54, 1.807) is 0 Å². The van der Waals surface area contributed by atoms with Gasteiger partial charge >= 0.3 is 0 Å². The van der Waals surface area contributed by atoms with E-state index in [2.05, 4.69) is 27.7 Å². The van der Waals surface area contributed by atoms with Gasteiger partial charge in [0.05, 0.1) is 0 Å². The summed E-state index contributed by atoms with van der Waals surface area (Å²) in [6.45, 7) is 9.60. The van der Waals surface area contributed by atoms with E-state index < -0.39 is 0 Å². The average molecular weight is 369 g/mol. The summed E-state index contributed by atoms with van der Waals surface area (Å²) in [5, 5.41) is 0. The van der Waals surface area contributed by atoms with Crippen molar-refractivity contribution in [3.8, 4) is 0 Å². The molecule has 0 aliphatic heterocycles. The first-order valence-corrected chi connectivity index (χ1v) is 13.5. The molecule has 0 nitrogen and oxygen atoms in total. The van der Waals surface area contributed by atoms with E-state index in [1.165, 1.54) is 119 Å². The van der Waals surface area contributed by atoms with Crippen LogP contribution >= 0.6 is 0 Å². The van der Waals surface area contributed by atoms with Gasteiger partial charge < -0.3 is 0 Å². The molecule has 1 heteroatoms. The molecule has 0 rings (SSSR count). The zero-order chi connectivity index (χ0) is 18.8. The van der Waals surface area contributed by atoms with Gasteiger partial charge in [-0.1, -0.05) is 130 Å². The van der Waals surface area contributed by atoms with E-state index in [1.807, 2.05) is 0 Å². The van der Waals surface area contributed by atoms with Crippen LogP contribution in [-0.4, -0.2) is 10.2 Å². The Morgan fingerprint density at radius 1 is 0.440 bits per heavy atom.